The number of nitrogens with zero attached hydrogens (tertiary/aromatic N) is 1. The van der Waals surface area contributed by atoms with Crippen LogP contribution in [-0.4, -0.2) is 29.4 Å². The first-order valence-electron chi connectivity index (χ1n) is 7.07. The van der Waals surface area contributed by atoms with Crippen LogP contribution in [0.25, 0.3) is 0 Å². The zero-order valence-electron chi connectivity index (χ0n) is 12.6. The predicted molar refractivity (Wildman–Crippen MR) is 89.7 cm³/mol. The van der Waals surface area contributed by atoms with Crippen molar-refractivity contribution in [3.63, 3.8) is 0 Å². The Labute approximate surface area is 138 Å². The van der Waals surface area contributed by atoms with Gasteiger partial charge in [0, 0.05) is 22.5 Å². The monoisotopic (exact) mass is 370 g/mol. The van der Waals surface area contributed by atoms with Gasteiger partial charge in [0.15, 0.2) is 22.3 Å². The van der Waals surface area contributed by atoms with Crippen molar-refractivity contribution < 1.29 is 9.47 Å². The van der Waals surface area contributed by atoms with Crippen LogP contribution in [0, 0.1) is 5.92 Å². The van der Waals surface area contributed by atoms with Gasteiger partial charge >= 0.3 is 0 Å². The molecule has 0 spiro atoms. The molecule has 2 bridgehead atoms. The standard InChI is InChI=1S/C15H19BrN2O2S/c1-5-18-14(21)17-12-8(2)15(18,3)20-13-10(12)6-9(16)7-11(13)19-4/h6-8,12H,5H2,1-4H3,(H,17,21). The van der Waals surface area contributed by atoms with Crippen molar-refractivity contribution in [1.82, 2.24) is 10.2 Å². The number of ether oxygens (including phenoxy) is 2. The minimum atomic E-state index is -0.462. The van der Waals surface area contributed by atoms with E-state index in [0.29, 0.717) is 0 Å². The number of fused-ring (bicyclic) bond motifs is 4. The smallest absolute Gasteiger partial charge is 0.186 e. The van der Waals surface area contributed by atoms with E-state index in [0.717, 1.165) is 33.2 Å². The van der Waals surface area contributed by atoms with E-state index in [2.05, 4.69) is 53.0 Å². The van der Waals surface area contributed by atoms with Gasteiger partial charge in [0.1, 0.15) is 0 Å². The highest BCUT2D eigenvalue weighted by molar-refractivity contribution is 9.10. The summed E-state index contributed by atoms with van der Waals surface area (Å²) in [6.45, 7) is 7.18. The summed E-state index contributed by atoms with van der Waals surface area (Å²) in [6.07, 6.45) is 0. The van der Waals surface area contributed by atoms with Crippen LogP contribution < -0.4 is 14.8 Å². The molecule has 6 heteroatoms. The molecular weight excluding hydrogens is 352 g/mol. The van der Waals surface area contributed by atoms with E-state index in [1.165, 1.54) is 0 Å². The first-order valence-corrected chi connectivity index (χ1v) is 8.27. The molecule has 0 aromatic heterocycles. The number of halogens is 1. The molecule has 3 rings (SSSR count). The zero-order chi connectivity index (χ0) is 15.4. The molecule has 1 N–H and O–H groups in total. The Morgan fingerprint density at radius 2 is 2.24 bits per heavy atom. The molecule has 1 aromatic carbocycles. The van der Waals surface area contributed by atoms with Crippen molar-refractivity contribution in [3.8, 4) is 11.5 Å². The quantitative estimate of drug-likeness (QED) is 0.806. The molecule has 1 aromatic rings. The van der Waals surface area contributed by atoms with Gasteiger partial charge < -0.3 is 19.7 Å². The van der Waals surface area contributed by atoms with E-state index >= 15 is 0 Å². The van der Waals surface area contributed by atoms with Crippen LogP contribution in [0.5, 0.6) is 11.5 Å². The predicted octanol–water partition coefficient (Wildman–Crippen LogP) is 3.45. The molecule has 0 radical (unpaired) electrons. The summed E-state index contributed by atoms with van der Waals surface area (Å²) in [6, 6.07) is 4.14. The van der Waals surface area contributed by atoms with Gasteiger partial charge in [0.25, 0.3) is 0 Å². The maximum atomic E-state index is 6.41. The summed E-state index contributed by atoms with van der Waals surface area (Å²) >= 11 is 9.06. The number of thiocarbonyl (C=S) groups is 1. The minimum Gasteiger partial charge on any atom is -0.493 e. The number of rotatable bonds is 2. The number of nitrogens with one attached hydrogen (secondary N) is 1. The molecule has 4 nitrogen and oxygen atoms in total. The lowest BCUT2D eigenvalue weighted by Gasteiger charge is -2.56. The maximum Gasteiger partial charge on any atom is 0.186 e. The summed E-state index contributed by atoms with van der Waals surface area (Å²) in [4.78, 5) is 2.11. The Kier molecular flexibility index (Phi) is 3.56. The lowest BCUT2D eigenvalue weighted by molar-refractivity contribution is -0.109. The highest BCUT2D eigenvalue weighted by Gasteiger charge is 2.53. The van der Waals surface area contributed by atoms with Crippen molar-refractivity contribution in [3.05, 3.63) is 22.2 Å². The van der Waals surface area contributed by atoms with Crippen LogP contribution in [0.1, 0.15) is 32.4 Å². The van der Waals surface area contributed by atoms with Gasteiger partial charge in [-0.1, -0.05) is 22.9 Å². The molecule has 114 valence electrons. The second-order valence-electron chi connectivity index (χ2n) is 5.64. The molecule has 0 amide bonds. The van der Waals surface area contributed by atoms with E-state index in [1.54, 1.807) is 7.11 Å². The number of hydrogen-bond acceptors (Lipinski definition) is 3. The normalized spacial score (nSPS) is 30.3. The van der Waals surface area contributed by atoms with Crippen LogP contribution in [0.2, 0.25) is 0 Å². The van der Waals surface area contributed by atoms with E-state index in [4.69, 9.17) is 21.7 Å². The minimum absolute atomic E-state index is 0.125. The lowest BCUT2D eigenvalue weighted by Crippen LogP contribution is -2.68. The first kappa shape index (κ1) is 14.9. The summed E-state index contributed by atoms with van der Waals surface area (Å²) in [5, 5.41) is 4.20. The number of methoxy groups -OCH3 is 1. The molecule has 1 saturated heterocycles. The van der Waals surface area contributed by atoms with Crippen LogP contribution in [0.3, 0.4) is 0 Å². The van der Waals surface area contributed by atoms with Gasteiger partial charge in [-0.15, -0.1) is 0 Å². The Morgan fingerprint density at radius 1 is 1.52 bits per heavy atom. The second-order valence-corrected chi connectivity index (χ2v) is 6.95. The Hall–Kier alpha value is -1.01. The molecule has 21 heavy (non-hydrogen) atoms. The average molecular weight is 371 g/mol. The number of benzene rings is 1. The Balaban J connectivity index is 2.20. The zero-order valence-corrected chi connectivity index (χ0v) is 15.0. The van der Waals surface area contributed by atoms with E-state index < -0.39 is 5.72 Å². The highest BCUT2D eigenvalue weighted by Crippen LogP contribution is 2.51. The first-order chi connectivity index (χ1) is 9.92. The van der Waals surface area contributed by atoms with Crippen LogP contribution in [0.15, 0.2) is 16.6 Å². The average Bonchev–Trinajstić information content (AvgIpc) is 2.43. The van der Waals surface area contributed by atoms with Gasteiger partial charge in [-0.25, -0.2) is 0 Å². The third-order valence-electron chi connectivity index (χ3n) is 4.63. The molecular formula is C15H19BrN2O2S. The fourth-order valence-electron chi connectivity index (χ4n) is 3.33. The topological polar surface area (TPSA) is 33.7 Å². The van der Waals surface area contributed by atoms with Crippen molar-refractivity contribution in [2.75, 3.05) is 13.7 Å². The van der Waals surface area contributed by atoms with Crippen LogP contribution >= 0.6 is 28.1 Å². The second kappa shape index (κ2) is 5.02. The summed E-state index contributed by atoms with van der Waals surface area (Å²) in [5.41, 5.74) is 0.625. The van der Waals surface area contributed by atoms with Crippen molar-refractivity contribution >= 4 is 33.3 Å². The third-order valence-corrected chi connectivity index (χ3v) is 5.43. The van der Waals surface area contributed by atoms with E-state index in [-0.39, 0.29) is 12.0 Å². The van der Waals surface area contributed by atoms with Gasteiger partial charge in [-0.2, -0.15) is 0 Å². The molecule has 2 aliphatic rings. The van der Waals surface area contributed by atoms with Gasteiger partial charge in [0.2, 0.25) is 0 Å². The maximum absolute atomic E-state index is 6.41. The molecule has 2 aliphatic heterocycles. The molecule has 0 saturated carbocycles. The van der Waals surface area contributed by atoms with E-state index in [1.807, 2.05) is 6.07 Å². The molecule has 1 fully saturated rings. The van der Waals surface area contributed by atoms with Gasteiger partial charge in [-0.05, 0) is 38.2 Å². The lowest BCUT2D eigenvalue weighted by atomic mass is 9.81. The SMILES string of the molecule is CCN1C(=S)NC2c3cc(Br)cc(OC)c3OC1(C)C2C. The molecule has 3 atom stereocenters. The fraction of sp³-hybridized carbons (Fsp3) is 0.533. The Morgan fingerprint density at radius 3 is 2.86 bits per heavy atom. The highest BCUT2D eigenvalue weighted by atomic mass is 79.9. The molecule has 0 aliphatic carbocycles. The largest absolute Gasteiger partial charge is 0.493 e. The number of hydrogen-bond donors (Lipinski definition) is 1. The van der Waals surface area contributed by atoms with Crippen molar-refractivity contribution in [2.24, 2.45) is 5.92 Å². The fourth-order valence-corrected chi connectivity index (χ4v) is 4.22. The van der Waals surface area contributed by atoms with E-state index in [9.17, 15) is 0 Å². The summed E-state index contributed by atoms with van der Waals surface area (Å²) in [7, 11) is 1.66. The summed E-state index contributed by atoms with van der Waals surface area (Å²) < 4.78 is 12.9. The third kappa shape index (κ3) is 2.03. The molecule has 2 heterocycles. The van der Waals surface area contributed by atoms with Gasteiger partial charge in [-0.3, -0.25) is 0 Å². The summed E-state index contributed by atoms with van der Waals surface area (Å²) in [5.74, 6) is 1.81. The van der Waals surface area contributed by atoms with Crippen LogP contribution in [-0.2, 0) is 0 Å². The van der Waals surface area contributed by atoms with Gasteiger partial charge in [0.05, 0.1) is 13.2 Å². The molecule has 3 unspecified atom stereocenters. The van der Waals surface area contributed by atoms with Crippen molar-refractivity contribution in [1.29, 1.82) is 0 Å². The van der Waals surface area contributed by atoms with Crippen molar-refractivity contribution in [2.45, 2.75) is 32.5 Å². The van der Waals surface area contributed by atoms with Crippen LogP contribution in [0.4, 0.5) is 0 Å². The Bertz CT molecular complexity index is 610.